The summed E-state index contributed by atoms with van der Waals surface area (Å²) in [5, 5.41) is 9.62. The highest BCUT2D eigenvalue weighted by Crippen LogP contribution is 2.44. The maximum absolute atomic E-state index is 6.51. The van der Waals surface area contributed by atoms with E-state index in [0.717, 1.165) is 55.5 Å². The lowest BCUT2D eigenvalue weighted by molar-refractivity contribution is 0.672. The molecule has 262 valence electrons. The first-order chi connectivity index (χ1) is 27.8. The molecule has 0 N–H and O–H groups in total. The van der Waals surface area contributed by atoms with Crippen LogP contribution in [0.5, 0.6) is 0 Å². The van der Waals surface area contributed by atoms with Gasteiger partial charge in [-0.05, 0) is 103 Å². The van der Waals surface area contributed by atoms with Gasteiger partial charge in [0.15, 0.2) is 0 Å². The van der Waals surface area contributed by atoms with Gasteiger partial charge < -0.3 is 9.32 Å². The lowest BCUT2D eigenvalue weighted by atomic mass is 9.94. The summed E-state index contributed by atoms with van der Waals surface area (Å²) in [4.78, 5) is 2.38. The van der Waals surface area contributed by atoms with Crippen LogP contribution in [-0.4, -0.2) is 0 Å². The van der Waals surface area contributed by atoms with Gasteiger partial charge in [-0.15, -0.1) is 0 Å². The van der Waals surface area contributed by atoms with E-state index < -0.39 is 0 Å². The zero-order valence-electron chi connectivity index (χ0n) is 30.6. The molecule has 0 bridgehead atoms. The normalized spacial score (nSPS) is 11.6. The van der Waals surface area contributed by atoms with E-state index in [1.165, 1.54) is 49.2 Å². The molecular formula is C54H35NO. The van der Waals surface area contributed by atoms with E-state index in [-0.39, 0.29) is 0 Å². The monoisotopic (exact) mass is 713 g/mol. The average molecular weight is 714 g/mol. The Kier molecular flexibility index (Phi) is 7.53. The van der Waals surface area contributed by atoms with E-state index in [1.807, 2.05) is 0 Å². The number of hydrogen-bond acceptors (Lipinski definition) is 2. The Labute approximate surface area is 325 Å². The quantitative estimate of drug-likeness (QED) is 0.160. The SMILES string of the molecule is c1ccc(-c2ccc(N(c3ccc(-c4cccc5c4ccc4ccccc45)cc3)c3ccccc3-c3ccc4oc5c6ccccc6ccc5c4c3)cc2)cc1. The van der Waals surface area contributed by atoms with E-state index in [0.29, 0.717) is 0 Å². The fourth-order valence-electron chi connectivity index (χ4n) is 8.53. The first-order valence-electron chi connectivity index (χ1n) is 19.2. The molecule has 0 amide bonds. The van der Waals surface area contributed by atoms with Crippen molar-refractivity contribution in [1.29, 1.82) is 0 Å². The summed E-state index contributed by atoms with van der Waals surface area (Å²) in [7, 11) is 0. The van der Waals surface area contributed by atoms with E-state index in [2.05, 4.69) is 217 Å². The van der Waals surface area contributed by atoms with Crippen molar-refractivity contribution >= 4 is 71.3 Å². The summed E-state index contributed by atoms with van der Waals surface area (Å²) in [5.74, 6) is 0. The second-order valence-electron chi connectivity index (χ2n) is 14.5. The molecule has 2 heteroatoms. The van der Waals surface area contributed by atoms with Gasteiger partial charge in [-0.1, -0.05) is 164 Å². The minimum atomic E-state index is 0.892. The van der Waals surface area contributed by atoms with Crippen LogP contribution in [0.4, 0.5) is 17.1 Å². The van der Waals surface area contributed by atoms with Crippen molar-refractivity contribution in [3.05, 3.63) is 212 Å². The van der Waals surface area contributed by atoms with E-state index in [1.54, 1.807) is 0 Å². The van der Waals surface area contributed by atoms with Crippen LogP contribution in [0.2, 0.25) is 0 Å². The number of anilines is 3. The average Bonchev–Trinajstić information content (AvgIpc) is 3.66. The Balaban J connectivity index is 1.05. The molecular weight excluding hydrogens is 679 g/mol. The largest absolute Gasteiger partial charge is 0.455 e. The molecule has 56 heavy (non-hydrogen) atoms. The zero-order chi connectivity index (χ0) is 37.0. The topological polar surface area (TPSA) is 16.4 Å². The van der Waals surface area contributed by atoms with E-state index in [4.69, 9.17) is 4.42 Å². The van der Waals surface area contributed by atoms with Crippen molar-refractivity contribution in [2.75, 3.05) is 4.90 Å². The van der Waals surface area contributed by atoms with Crippen molar-refractivity contribution < 1.29 is 4.42 Å². The maximum atomic E-state index is 6.51. The van der Waals surface area contributed by atoms with Crippen LogP contribution in [-0.2, 0) is 0 Å². The van der Waals surface area contributed by atoms with Gasteiger partial charge in [0, 0.05) is 33.1 Å². The molecule has 0 aliphatic rings. The van der Waals surface area contributed by atoms with Gasteiger partial charge in [0.25, 0.3) is 0 Å². The predicted octanol–water partition coefficient (Wildman–Crippen LogP) is 15.5. The second kappa shape index (κ2) is 13.2. The summed E-state index contributed by atoms with van der Waals surface area (Å²) in [5.41, 5.74) is 12.2. The van der Waals surface area contributed by atoms with Gasteiger partial charge in [-0.2, -0.15) is 0 Å². The molecule has 1 aromatic heterocycles. The standard InChI is InChI=1S/C54H35NO/c1-2-11-36(12-3-1)37-21-28-42(29-22-37)55(43-30-23-40(24-31-43)45-18-10-19-48-44-15-6-4-13-38(44)25-32-49(45)48)52-20-9-8-16-46(52)41-27-34-53-51(35-41)50-33-26-39-14-5-7-17-47(39)54(50)56-53/h1-35H. The maximum Gasteiger partial charge on any atom is 0.143 e. The number of para-hydroxylation sites is 1. The second-order valence-corrected chi connectivity index (χ2v) is 14.5. The molecule has 2 nitrogen and oxygen atoms in total. The zero-order valence-corrected chi connectivity index (χ0v) is 30.6. The molecule has 0 saturated heterocycles. The van der Waals surface area contributed by atoms with Crippen molar-refractivity contribution in [1.82, 2.24) is 0 Å². The molecule has 0 aliphatic carbocycles. The van der Waals surface area contributed by atoms with Crippen LogP contribution in [0, 0.1) is 0 Å². The van der Waals surface area contributed by atoms with Crippen molar-refractivity contribution in [2.24, 2.45) is 0 Å². The lowest BCUT2D eigenvalue weighted by Crippen LogP contribution is -2.11. The summed E-state index contributed by atoms with van der Waals surface area (Å²) in [6.45, 7) is 0. The van der Waals surface area contributed by atoms with Crippen LogP contribution in [0.1, 0.15) is 0 Å². The Morgan fingerprint density at radius 3 is 1.66 bits per heavy atom. The van der Waals surface area contributed by atoms with Crippen LogP contribution in [0.15, 0.2) is 217 Å². The van der Waals surface area contributed by atoms with Gasteiger partial charge in [0.05, 0.1) is 5.69 Å². The Morgan fingerprint density at radius 2 is 0.875 bits per heavy atom. The highest BCUT2D eigenvalue weighted by atomic mass is 16.3. The highest BCUT2D eigenvalue weighted by molar-refractivity contribution is 6.16. The summed E-state index contributed by atoms with van der Waals surface area (Å²) < 4.78 is 6.51. The summed E-state index contributed by atoms with van der Waals surface area (Å²) >= 11 is 0. The van der Waals surface area contributed by atoms with Crippen LogP contribution < -0.4 is 4.90 Å². The Bertz CT molecular complexity index is 3230. The molecule has 0 unspecified atom stereocenters. The van der Waals surface area contributed by atoms with Gasteiger partial charge in [-0.25, -0.2) is 0 Å². The third-order valence-electron chi connectivity index (χ3n) is 11.3. The number of benzene rings is 10. The Hall–Kier alpha value is -7.42. The molecule has 0 fully saturated rings. The molecule has 0 spiro atoms. The Morgan fingerprint density at radius 1 is 0.304 bits per heavy atom. The fourth-order valence-corrected chi connectivity index (χ4v) is 8.53. The van der Waals surface area contributed by atoms with Crippen LogP contribution >= 0.6 is 0 Å². The smallest absolute Gasteiger partial charge is 0.143 e. The highest BCUT2D eigenvalue weighted by Gasteiger charge is 2.19. The summed E-state index contributed by atoms with van der Waals surface area (Å²) in [6.07, 6.45) is 0. The predicted molar refractivity (Wildman–Crippen MR) is 237 cm³/mol. The van der Waals surface area contributed by atoms with Crippen molar-refractivity contribution in [2.45, 2.75) is 0 Å². The first kappa shape index (κ1) is 32.0. The molecule has 0 saturated carbocycles. The molecule has 10 aromatic carbocycles. The molecule has 1 heterocycles. The van der Waals surface area contributed by atoms with Gasteiger partial charge in [0.2, 0.25) is 0 Å². The molecule has 0 aliphatic heterocycles. The number of rotatable bonds is 6. The minimum absolute atomic E-state index is 0.892. The van der Waals surface area contributed by atoms with E-state index >= 15 is 0 Å². The third-order valence-corrected chi connectivity index (χ3v) is 11.3. The molecule has 11 aromatic rings. The summed E-state index contributed by atoms with van der Waals surface area (Å²) in [6, 6.07) is 76.5. The first-order valence-corrected chi connectivity index (χ1v) is 19.2. The van der Waals surface area contributed by atoms with Crippen molar-refractivity contribution in [3.8, 4) is 33.4 Å². The molecule has 0 atom stereocenters. The number of fused-ring (bicyclic) bond motifs is 8. The van der Waals surface area contributed by atoms with Gasteiger partial charge in [0.1, 0.15) is 11.2 Å². The molecule has 11 rings (SSSR count). The van der Waals surface area contributed by atoms with Gasteiger partial charge in [-0.3, -0.25) is 0 Å². The molecule has 0 radical (unpaired) electrons. The van der Waals surface area contributed by atoms with Crippen LogP contribution in [0.3, 0.4) is 0 Å². The number of furan rings is 1. The lowest BCUT2D eigenvalue weighted by Gasteiger charge is -2.28. The van der Waals surface area contributed by atoms with Crippen molar-refractivity contribution in [3.63, 3.8) is 0 Å². The minimum Gasteiger partial charge on any atom is -0.455 e. The number of nitrogens with zero attached hydrogens (tertiary/aromatic N) is 1. The van der Waals surface area contributed by atoms with Crippen LogP contribution in [0.25, 0.3) is 87.6 Å². The number of hydrogen-bond donors (Lipinski definition) is 0. The fraction of sp³-hybridized carbons (Fsp3) is 0. The third kappa shape index (κ3) is 5.34. The van der Waals surface area contributed by atoms with E-state index in [9.17, 15) is 0 Å². The van der Waals surface area contributed by atoms with Gasteiger partial charge >= 0.3 is 0 Å².